The lowest BCUT2D eigenvalue weighted by Gasteiger charge is -2.30. The topological polar surface area (TPSA) is 70.1 Å². The van der Waals surface area contributed by atoms with E-state index in [-0.39, 0.29) is 25.3 Å². The first-order valence-corrected chi connectivity index (χ1v) is 5.27. The van der Waals surface area contributed by atoms with Crippen LogP contribution in [0.1, 0.15) is 6.92 Å². The van der Waals surface area contributed by atoms with E-state index in [0.717, 1.165) is 0 Å². The molecule has 6 heteroatoms. The first-order valence-electron chi connectivity index (χ1n) is 5.27. The van der Waals surface area contributed by atoms with Crippen LogP contribution in [0.4, 0.5) is 4.79 Å². The van der Waals surface area contributed by atoms with Crippen LogP contribution in [-0.2, 0) is 9.53 Å². The smallest absolute Gasteiger partial charge is 0.319 e. The van der Waals surface area contributed by atoms with Crippen LogP contribution in [0.3, 0.4) is 0 Å². The second kappa shape index (κ2) is 5.16. The van der Waals surface area contributed by atoms with E-state index in [1.807, 2.05) is 6.92 Å². The molecular formula is C10H18N2O4. The number of ether oxygens (including phenoxy) is 1. The van der Waals surface area contributed by atoms with Gasteiger partial charge in [0.2, 0.25) is 0 Å². The molecule has 1 saturated heterocycles. The quantitative estimate of drug-likeness (QED) is 0.746. The summed E-state index contributed by atoms with van der Waals surface area (Å²) in [6, 6.07) is -0.553. The van der Waals surface area contributed by atoms with Crippen LogP contribution >= 0.6 is 0 Å². The Bertz CT molecular complexity index is 282. The second-order valence-corrected chi connectivity index (χ2v) is 3.96. The average molecular weight is 230 g/mol. The number of urea groups is 1. The van der Waals surface area contributed by atoms with Gasteiger partial charge in [-0.15, -0.1) is 0 Å². The van der Waals surface area contributed by atoms with Crippen LogP contribution < -0.4 is 0 Å². The maximum atomic E-state index is 11.8. The van der Waals surface area contributed by atoms with Crippen molar-refractivity contribution in [3.05, 3.63) is 0 Å². The molecule has 0 radical (unpaired) electrons. The van der Waals surface area contributed by atoms with Crippen molar-refractivity contribution in [2.75, 3.05) is 33.9 Å². The number of likely N-dealkylation sites (N-methyl/N-ethyl adjacent to an activating group) is 1. The highest BCUT2D eigenvalue weighted by molar-refractivity contribution is 5.77. The molecule has 1 aliphatic rings. The molecular weight excluding hydrogens is 212 g/mol. The van der Waals surface area contributed by atoms with Crippen molar-refractivity contribution in [2.45, 2.75) is 13.0 Å². The number of amides is 2. The molecule has 0 aromatic heterocycles. The number of hydrogen-bond donors (Lipinski definition) is 1. The summed E-state index contributed by atoms with van der Waals surface area (Å²) >= 11 is 0. The van der Waals surface area contributed by atoms with E-state index >= 15 is 0 Å². The molecule has 0 saturated carbocycles. The number of carboxylic acids is 1. The fourth-order valence-electron chi connectivity index (χ4n) is 1.71. The minimum Gasteiger partial charge on any atom is -0.481 e. The lowest BCUT2D eigenvalue weighted by Crippen LogP contribution is -2.48. The van der Waals surface area contributed by atoms with Gasteiger partial charge in [-0.25, -0.2) is 4.79 Å². The Morgan fingerprint density at radius 2 is 2.00 bits per heavy atom. The third kappa shape index (κ3) is 2.44. The number of carbonyl (C=O) groups excluding carboxylic acids is 1. The van der Waals surface area contributed by atoms with Gasteiger partial charge in [0.15, 0.2) is 0 Å². The van der Waals surface area contributed by atoms with Gasteiger partial charge in [0.1, 0.15) is 5.92 Å². The molecule has 0 aliphatic carbocycles. The average Bonchev–Trinajstić information content (AvgIpc) is 2.74. The lowest BCUT2D eigenvalue weighted by atomic mass is 10.0. The van der Waals surface area contributed by atoms with Crippen molar-refractivity contribution in [1.29, 1.82) is 0 Å². The first-order chi connectivity index (χ1) is 7.49. The zero-order valence-electron chi connectivity index (χ0n) is 9.84. The van der Waals surface area contributed by atoms with Crippen LogP contribution in [0.2, 0.25) is 0 Å². The van der Waals surface area contributed by atoms with Crippen LogP contribution in [0.25, 0.3) is 0 Å². The molecule has 1 fully saturated rings. The van der Waals surface area contributed by atoms with E-state index < -0.39 is 11.9 Å². The fraction of sp³-hybridized carbons (Fsp3) is 0.800. The summed E-state index contributed by atoms with van der Waals surface area (Å²) in [7, 11) is 3.30. The van der Waals surface area contributed by atoms with Crippen molar-refractivity contribution in [1.82, 2.24) is 9.80 Å². The van der Waals surface area contributed by atoms with Gasteiger partial charge in [-0.1, -0.05) is 0 Å². The van der Waals surface area contributed by atoms with Crippen LogP contribution in [0, 0.1) is 5.92 Å². The van der Waals surface area contributed by atoms with Gasteiger partial charge >= 0.3 is 12.0 Å². The summed E-state index contributed by atoms with van der Waals surface area (Å²) in [5, 5.41) is 8.98. The lowest BCUT2D eigenvalue weighted by molar-refractivity contribution is -0.142. The molecule has 0 aromatic rings. The molecule has 0 bridgehead atoms. The number of hydrogen-bond acceptors (Lipinski definition) is 3. The summed E-state index contributed by atoms with van der Waals surface area (Å²) in [6.45, 7) is 2.92. The second-order valence-electron chi connectivity index (χ2n) is 3.96. The molecule has 6 nitrogen and oxygen atoms in total. The molecule has 16 heavy (non-hydrogen) atoms. The molecule has 1 heterocycles. The maximum absolute atomic E-state index is 11.8. The summed E-state index contributed by atoms with van der Waals surface area (Å²) in [4.78, 5) is 25.8. The minimum absolute atomic E-state index is 0.174. The zero-order valence-corrected chi connectivity index (χ0v) is 9.84. The standard InChI is InChI=1S/C10H18N2O4/c1-4-11(2)10(15)12(3)8-6-16-5-7(8)9(13)14/h7-8H,4-6H2,1-3H3,(H,13,14). The van der Waals surface area contributed by atoms with Gasteiger partial charge < -0.3 is 19.6 Å². The van der Waals surface area contributed by atoms with E-state index in [1.54, 1.807) is 14.1 Å². The Morgan fingerprint density at radius 1 is 1.38 bits per heavy atom. The fourth-order valence-corrected chi connectivity index (χ4v) is 1.71. The molecule has 1 rings (SSSR count). The van der Waals surface area contributed by atoms with Gasteiger partial charge in [0.25, 0.3) is 0 Å². The van der Waals surface area contributed by atoms with Crippen molar-refractivity contribution < 1.29 is 19.4 Å². The highest BCUT2D eigenvalue weighted by atomic mass is 16.5. The monoisotopic (exact) mass is 230 g/mol. The van der Waals surface area contributed by atoms with E-state index in [1.165, 1.54) is 9.80 Å². The van der Waals surface area contributed by atoms with Crippen molar-refractivity contribution in [3.63, 3.8) is 0 Å². The normalized spacial score (nSPS) is 24.2. The minimum atomic E-state index is -0.915. The van der Waals surface area contributed by atoms with Gasteiger partial charge in [-0.05, 0) is 6.92 Å². The SMILES string of the molecule is CCN(C)C(=O)N(C)C1COCC1C(=O)O. The summed E-state index contributed by atoms with van der Waals surface area (Å²) in [5.74, 6) is -1.54. The molecule has 0 spiro atoms. The van der Waals surface area contributed by atoms with Crippen molar-refractivity contribution in [3.8, 4) is 0 Å². The van der Waals surface area contributed by atoms with E-state index in [2.05, 4.69) is 0 Å². The number of carbonyl (C=O) groups is 2. The maximum Gasteiger partial charge on any atom is 0.319 e. The number of nitrogens with zero attached hydrogens (tertiary/aromatic N) is 2. The molecule has 2 unspecified atom stereocenters. The number of carboxylic acid groups (broad SMARTS) is 1. The Balaban J connectivity index is 2.69. The van der Waals surface area contributed by atoms with Gasteiger partial charge in [-0.3, -0.25) is 4.79 Å². The Labute approximate surface area is 94.8 Å². The third-order valence-corrected chi connectivity index (χ3v) is 2.97. The zero-order chi connectivity index (χ0) is 12.3. The number of rotatable bonds is 3. The summed E-state index contributed by atoms with van der Waals surface area (Å²) in [6.07, 6.45) is 0. The Hall–Kier alpha value is -1.30. The van der Waals surface area contributed by atoms with Crippen molar-refractivity contribution >= 4 is 12.0 Å². The molecule has 1 N–H and O–H groups in total. The van der Waals surface area contributed by atoms with Crippen LogP contribution in [-0.4, -0.2) is 66.8 Å². The highest BCUT2D eigenvalue weighted by Crippen LogP contribution is 2.19. The summed E-state index contributed by atoms with van der Waals surface area (Å²) < 4.78 is 5.12. The molecule has 0 aromatic carbocycles. The van der Waals surface area contributed by atoms with Gasteiger partial charge in [-0.2, -0.15) is 0 Å². The van der Waals surface area contributed by atoms with Crippen LogP contribution in [0.5, 0.6) is 0 Å². The van der Waals surface area contributed by atoms with E-state index in [4.69, 9.17) is 9.84 Å². The Morgan fingerprint density at radius 3 is 2.50 bits per heavy atom. The van der Waals surface area contributed by atoms with Crippen molar-refractivity contribution in [2.24, 2.45) is 5.92 Å². The third-order valence-electron chi connectivity index (χ3n) is 2.97. The first kappa shape index (κ1) is 12.8. The molecule has 2 amide bonds. The molecule has 92 valence electrons. The highest BCUT2D eigenvalue weighted by Gasteiger charge is 2.38. The molecule has 2 atom stereocenters. The van der Waals surface area contributed by atoms with E-state index in [0.29, 0.717) is 6.54 Å². The summed E-state index contributed by atoms with van der Waals surface area (Å²) in [5.41, 5.74) is 0. The van der Waals surface area contributed by atoms with Gasteiger partial charge in [0.05, 0.1) is 19.3 Å². The van der Waals surface area contributed by atoms with Gasteiger partial charge in [0, 0.05) is 20.6 Å². The predicted molar refractivity (Wildman–Crippen MR) is 57.2 cm³/mol. The van der Waals surface area contributed by atoms with E-state index in [9.17, 15) is 9.59 Å². The Kier molecular flexibility index (Phi) is 4.12. The number of aliphatic carboxylic acids is 1. The van der Waals surface area contributed by atoms with Crippen LogP contribution in [0.15, 0.2) is 0 Å². The predicted octanol–water partition coefficient (Wildman–Crippen LogP) is 0.0895. The molecule has 1 aliphatic heterocycles. The largest absolute Gasteiger partial charge is 0.481 e.